The van der Waals surface area contributed by atoms with E-state index in [2.05, 4.69) is 15.0 Å². The average Bonchev–Trinajstić information content (AvgIpc) is 3.06. The third-order valence-corrected chi connectivity index (χ3v) is 5.59. The van der Waals surface area contributed by atoms with Gasteiger partial charge in [-0.25, -0.2) is 4.98 Å². The summed E-state index contributed by atoms with van der Waals surface area (Å²) >= 11 is 0. The molecule has 8 nitrogen and oxygen atoms in total. The third-order valence-electron chi connectivity index (χ3n) is 5.59. The highest BCUT2D eigenvalue weighted by atomic mass is 16.2. The van der Waals surface area contributed by atoms with Gasteiger partial charge in [-0.2, -0.15) is 5.10 Å². The van der Waals surface area contributed by atoms with Gasteiger partial charge in [-0.05, 0) is 45.0 Å². The van der Waals surface area contributed by atoms with E-state index in [1.165, 1.54) is 0 Å². The van der Waals surface area contributed by atoms with Crippen molar-refractivity contribution in [2.45, 2.75) is 26.8 Å². The van der Waals surface area contributed by atoms with E-state index in [1.807, 2.05) is 57.0 Å². The molecule has 1 saturated heterocycles. The van der Waals surface area contributed by atoms with Crippen molar-refractivity contribution >= 4 is 22.5 Å². The maximum atomic E-state index is 12.7. The molecule has 0 N–H and O–H groups in total. The molecule has 0 bridgehead atoms. The number of carbonyl (C=O) groups is 1. The fourth-order valence-corrected chi connectivity index (χ4v) is 3.68. The van der Waals surface area contributed by atoms with E-state index in [4.69, 9.17) is 0 Å². The van der Waals surface area contributed by atoms with Crippen molar-refractivity contribution in [3.05, 3.63) is 52.3 Å². The lowest BCUT2D eigenvalue weighted by molar-refractivity contribution is 0.0740. The normalized spacial score (nSPS) is 14.8. The predicted molar refractivity (Wildman–Crippen MR) is 112 cm³/mol. The maximum Gasteiger partial charge on any atom is 0.274 e. The van der Waals surface area contributed by atoms with Gasteiger partial charge in [0.1, 0.15) is 0 Å². The molecule has 29 heavy (non-hydrogen) atoms. The fraction of sp³-hybridized carbons (Fsp3) is 0.429. The zero-order valence-electron chi connectivity index (χ0n) is 17.3. The molecular weight excluding hydrogens is 368 g/mol. The monoisotopic (exact) mass is 394 g/mol. The summed E-state index contributed by atoms with van der Waals surface area (Å²) in [5, 5.41) is 4.93. The first-order valence-corrected chi connectivity index (χ1v) is 9.91. The Morgan fingerprint density at radius 1 is 1.10 bits per heavy atom. The van der Waals surface area contributed by atoms with Gasteiger partial charge in [0.05, 0.1) is 17.2 Å². The number of carbonyl (C=O) groups excluding carboxylic acids is 1. The van der Waals surface area contributed by atoms with Crippen molar-refractivity contribution in [3.63, 3.8) is 0 Å². The highest BCUT2D eigenvalue weighted by Crippen LogP contribution is 2.21. The lowest BCUT2D eigenvalue weighted by atomic mass is 10.2. The van der Waals surface area contributed by atoms with E-state index in [1.54, 1.807) is 15.6 Å². The first-order chi connectivity index (χ1) is 13.8. The van der Waals surface area contributed by atoms with Crippen molar-refractivity contribution in [3.8, 4) is 0 Å². The van der Waals surface area contributed by atoms with E-state index >= 15 is 0 Å². The molecule has 0 unspecified atom stereocenters. The van der Waals surface area contributed by atoms with Crippen LogP contribution in [-0.4, -0.2) is 56.3 Å². The number of benzene rings is 1. The van der Waals surface area contributed by atoms with Crippen LogP contribution in [0.1, 0.15) is 36.1 Å². The van der Waals surface area contributed by atoms with Gasteiger partial charge in [0, 0.05) is 50.6 Å². The molecule has 1 amide bonds. The van der Waals surface area contributed by atoms with Crippen molar-refractivity contribution in [1.29, 1.82) is 0 Å². The highest BCUT2D eigenvalue weighted by Gasteiger charge is 2.24. The standard InChI is InChI=1S/C21H26N6O2/c1-14(2)27-13-22-18-12-16(5-6-17(18)20(27)28)25-7-9-26(10-8-25)21(29)19-11-15(3)24(4)23-19/h5-6,11-14H,7-10H2,1-4H3. The summed E-state index contributed by atoms with van der Waals surface area (Å²) in [5.41, 5.74) is 3.17. The molecule has 1 aliphatic rings. The highest BCUT2D eigenvalue weighted by molar-refractivity contribution is 5.92. The number of hydrogen-bond donors (Lipinski definition) is 0. The Balaban J connectivity index is 1.49. The molecule has 1 aromatic carbocycles. The molecule has 3 heterocycles. The second-order valence-electron chi connectivity index (χ2n) is 7.83. The van der Waals surface area contributed by atoms with Crippen molar-refractivity contribution < 1.29 is 4.79 Å². The van der Waals surface area contributed by atoms with E-state index < -0.39 is 0 Å². The Labute approximate surface area is 169 Å². The van der Waals surface area contributed by atoms with Crippen molar-refractivity contribution in [2.24, 2.45) is 7.05 Å². The minimum Gasteiger partial charge on any atom is -0.368 e. The van der Waals surface area contributed by atoms with Gasteiger partial charge in [0.25, 0.3) is 11.5 Å². The van der Waals surface area contributed by atoms with Gasteiger partial charge in [-0.1, -0.05) is 0 Å². The summed E-state index contributed by atoms with van der Waals surface area (Å²) < 4.78 is 3.37. The van der Waals surface area contributed by atoms with Crippen LogP contribution in [0.5, 0.6) is 0 Å². The lowest BCUT2D eigenvalue weighted by Crippen LogP contribution is -2.49. The smallest absolute Gasteiger partial charge is 0.274 e. The number of anilines is 1. The molecule has 2 aromatic heterocycles. The van der Waals surface area contributed by atoms with E-state index in [9.17, 15) is 9.59 Å². The number of piperazine rings is 1. The zero-order valence-corrected chi connectivity index (χ0v) is 17.3. The predicted octanol–water partition coefficient (Wildman–Crippen LogP) is 1.98. The molecule has 4 rings (SSSR count). The quantitative estimate of drug-likeness (QED) is 0.679. The largest absolute Gasteiger partial charge is 0.368 e. The van der Waals surface area contributed by atoms with Crippen LogP contribution in [0.2, 0.25) is 0 Å². The van der Waals surface area contributed by atoms with Crippen LogP contribution in [0.25, 0.3) is 10.9 Å². The van der Waals surface area contributed by atoms with Crippen molar-refractivity contribution in [1.82, 2.24) is 24.2 Å². The van der Waals surface area contributed by atoms with Gasteiger partial charge >= 0.3 is 0 Å². The topological polar surface area (TPSA) is 76.3 Å². The van der Waals surface area contributed by atoms with Crippen LogP contribution in [-0.2, 0) is 7.05 Å². The number of aromatic nitrogens is 4. The summed E-state index contributed by atoms with van der Waals surface area (Å²) in [6.45, 7) is 8.60. The maximum absolute atomic E-state index is 12.7. The minimum absolute atomic E-state index is 0.0161. The van der Waals surface area contributed by atoms with Gasteiger partial charge in [-0.3, -0.25) is 18.8 Å². The third kappa shape index (κ3) is 3.50. The summed E-state index contributed by atoms with van der Waals surface area (Å²) in [6, 6.07) is 7.68. The Bertz CT molecular complexity index is 1100. The van der Waals surface area contributed by atoms with E-state index in [0.717, 1.165) is 24.5 Å². The summed E-state index contributed by atoms with van der Waals surface area (Å²) in [7, 11) is 1.84. The molecular formula is C21H26N6O2. The SMILES string of the molecule is Cc1cc(C(=O)N2CCN(c3ccc4c(=O)n(C(C)C)cnc4c3)CC2)nn1C. The molecule has 0 saturated carbocycles. The van der Waals surface area contributed by atoms with Crippen LogP contribution >= 0.6 is 0 Å². The Hall–Kier alpha value is -3.16. The Morgan fingerprint density at radius 2 is 1.83 bits per heavy atom. The first-order valence-electron chi connectivity index (χ1n) is 9.91. The molecule has 0 spiro atoms. The van der Waals surface area contributed by atoms with Crippen LogP contribution in [0, 0.1) is 6.92 Å². The fourth-order valence-electron chi connectivity index (χ4n) is 3.68. The summed E-state index contributed by atoms with van der Waals surface area (Å²) in [4.78, 5) is 33.8. The molecule has 1 fully saturated rings. The Morgan fingerprint density at radius 3 is 2.45 bits per heavy atom. The number of hydrogen-bond acceptors (Lipinski definition) is 5. The minimum atomic E-state index is -0.0252. The molecule has 1 aliphatic heterocycles. The molecule has 152 valence electrons. The summed E-state index contributed by atoms with van der Waals surface area (Å²) in [6.07, 6.45) is 1.62. The van der Waals surface area contributed by atoms with Gasteiger partial charge in [-0.15, -0.1) is 0 Å². The first kappa shape index (κ1) is 19.2. The Kier molecular flexibility index (Phi) is 4.86. The lowest BCUT2D eigenvalue weighted by Gasteiger charge is -2.35. The van der Waals surface area contributed by atoms with Crippen LogP contribution in [0.4, 0.5) is 5.69 Å². The average molecular weight is 394 g/mol. The summed E-state index contributed by atoms with van der Waals surface area (Å²) in [5.74, 6) is -0.0252. The van der Waals surface area contributed by atoms with Gasteiger partial charge in [0.15, 0.2) is 5.69 Å². The van der Waals surface area contributed by atoms with Gasteiger partial charge < -0.3 is 9.80 Å². The number of nitrogens with zero attached hydrogens (tertiary/aromatic N) is 6. The number of aryl methyl sites for hydroxylation is 2. The molecule has 8 heteroatoms. The van der Waals surface area contributed by atoms with Crippen LogP contribution < -0.4 is 10.5 Å². The van der Waals surface area contributed by atoms with Crippen molar-refractivity contribution in [2.75, 3.05) is 31.1 Å². The van der Waals surface area contributed by atoms with Crippen LogP contribution in [0.3, 0.4) is 0 Å². The number of rotatable bonds is 3. The van der Waals surface area contributed by atoms with E-state index in [0.29, 0.717) is 29.7 Å². The second kappa shape index (κ2) is 7.35. The molecule has 0 atom stereocenters. The molecule has 0 radical (unpaired) electrons. The second-order valence-corrected chi connectivity index (χ2v) is 7.83. The van der Waals surface area contributed by atoms with E-state index in [-0.39, 0.29) is 17.5 Å². The number of amides is 1. The molecule has 3 aromatic rings. The molecule has 0 aliphatic carbocycles. The van der Waals surface area contributed by atoms with Gasteiger partial charge in [0.2, 0.25) is 0 Å². The number of fused-ring (bicyclic) bond motifs is 1. The zero-order chi connectivity index (χ0) is 20.7. The van der Waals surface area contributed by atoms with Crippen LogP contribution in [0.15, 0.2) is 35.4 Å².